The summed E-state index contributed by atoms with van der Waals surface area (Å²) >= 11 is 0. The first kappa shape index (κ1) is 22.9. The van der Waals surface area contributed by atoms with Crippen molar-refractivity contribution in [3.63, 3.8) is 0 Å². The fraction of sp³-hybridized carbons (Fsp3) is 0.250. The molecule has 1 rings (SSSR count). The molecule has 0 unspecified atom stereocenters. The van der Waals surface area contributed by atoms with Crippen LogP contribution in [0, 0.1) is 23.6 Å². The molecule has 0 spiro atoms. The molecule has 0 radical (unpaired) electrons. The van der Waals surface area contributed by atoms with Crippen molar-refractivity contribution in [3.05, 3.63) is 83.2 Å². The number of hydrogen-bond donors (Lipinski definition) is 2. The van der Waals surface area contributed by atoms with E-state index in [2.05, 4.69) is 10.9 Å². The molecule has 0 fully saturated rings. The summed E-state index contributed by atoms with van der Waals surface area (Å²) < 4.78 is 13.1. The van der Waals surface area contributed by atoms with Crippen LogP contribution in [-0.4, -0.2) is 18.1 Å². The Labute approximate surface area is 167 Å². The van der Waals surface area contributed by atoms with Crippen LogP contribution in [0.1, 0.15) is 33.3 Å². The predicted octanol–water partition coefficient (Wildman–Crippen LogP) is 5.12. The number of terminal acetylenes is 1. The highest BCUT2D eigenvalue weighted by atomic mass is 19.1. The minimum absolute atomic E-state index is 0.263. The van der Waals surface area contributed by atoms with Crippen LogP contribution in [0.3, 0.4) is 0 Å². The van der Waals surface area contributed by atoms with Crippen molar-refractivity contribution < 1.29 is 4.39 Å². The van der Waals surface area contributed by atoms with Gasteiger partial charge >= 0.3 is 0 Å². The Morgan fingerprint density at radius 3 is 2.43 bits per heavy atom. The van der Waals surface area contributed by atoms with Crippen molar-refractivity contribution in [1.29, 1.82) is 5.41 Å². The lowest BCUT2D eigenvalue weighted by Gasteiger charge is -2.23. The number of amidine groups is 1. The van der Waals surface area contributed by atoms with Crippen LogP contribution in [0.4, 0.5) is 4.39 Å². The Hall–Kier alpha value is -3.19. The van der Waals surface area contributed by atoms with Gasteiger partial charge in [-0.2, -0.15) is 0 Å². The molecular weight excluding hydrogens is 349 g/mol. The lowest BCUT2D eigenvalue weighted by molar-refractivity contribution is 0.537. The van der Waals surface area contributed by atoms with Gasteiger partial charge in [0, 0.05) is 5.41 Å². The van der Waals surface area contributed by atoms with Gasteiger partial charge in [0.2, 0.25) is 0 Å². The van der Waals surface area contributed by atoms with Gasteiger partial charge in [-0.1, -0.05) is 56.2 Å². The van der Waals surface area contributed by atoms with E-state index in [4.69, 9.17) is 17.6 Å². The Bertz CT molecular complexity index is 873. The second-order valence-electron chi connectivity index (χ2n) is 6.99. The van der Waals surface area contributed by atoms with Gasteiger partial charge in [0.05, 0.1) is 12.3 Å². The highest BCUT2D eigenvalue weighted by Gasteiger charge is 2.20. The van der Waals surface area contributed by atoms with Crippen LogP contribution in [0.15, 0.2) is 76.9 Å². The van der Waals surface area contributed by atoms with Gasteiger partial charge in [0.1, 0.15) is 11.7 Å². The van der Waals surface area contributed by atoms with Gasteiger partial charge in [-0.3, -0.25) is 4.99 Å². The Kier molecular flexibility index (Phi) is 8.84. The molecule has 0 aliphatic carbocycles. The summed E-state index contributed by atoms with van der Waals surface area (Å²) in [5.41, 5.74) is 8.47. The number of allylic oxidation sites excluding steroid dienone is 7. The average Bonchev–Trinajstić information content (AvgIpc) is 2.67. The fourth-order valence-corrected chi connectivity index (χ4v) is 2.28. The van der Waals surface area contributed by atoms with E-state index in [1.54, 1.807) is 36.4 Å². The molecule has 0 bridgehead atoms. The molecule has 146 valence electrons. The highest BCUT2D eigenvalue weighted by molar-refractivity contribution is 6.11. The van der Waals surface area contributed by atoms with Gasteiger partial charge < -0.3 is 11.1 Å². The maximum Gasteiger partial charge on any atom is 0.123 e. The molecule has 0 aliphatic rings. The van der Waals surface area contributed by atoms with Crippen molar-refractivity contribution in [2.75, 3.05) is 6.54 Å². The lowest BCUT2D eigenvalue weighted by atomic mass is 9.85. The molecule has 1 aromatic rings. The minimum atomic E-state index is -0.284. The predicted molar refractivity (Wildman–Crippen MR) is 118 cm³/mol. The lowest BCUT2D eigenvalue weighted by Crippen LogP contribution is -2.23. The fourth-order valence-electron chi connectivity index (χ4n) is 2.28. The van der Waals surface area contributed by atoms with Gasteiger partial charge in [0.15, 0.2) is 0 Å². The molecular formula is C24H28FN3. The van der Waals surface area contributed by atoms with E-state index < -0.39 is 0 Å². The van der Waals surface area contributed by atoms with Crippen LogP contribution in [0.2, 0.25) is 0 Å². The zero-order chi connectivity index (χ0) is 21.2. The number of hydrogen-bond acceptors (Lipinski definition) is 2. The quantitative estimate of drug-likeness (QED) is 0.281. The molecule has 3 nitrogen and oxygen atoms in total. The van der Waals surface area contributed by atoms with Crippen molar-refractivity contribution in [1.82, 2.24) is 0 Å². The first-order chi connectivity index (χ1) is 13.2. The first-order valence-electron chi connectivity index (χ1n) is 9.00. The third-order valence-corrected chi connectivity index (χ3v) is 4.10. The van der Waals surface area contributed by atoms with E-state index >= 15 is 0 Å². The first-order valence-corrected chi connectivity index (χ1v) is 9.00. The summed E-state index contributed by atoms with van der Waals surface area (Å²) in [6.07, 6.45) is 15.8. The number of aliphatic imine (C=N–C) groups is 1. The highest BCUT2D eigenvalue weighted by Crippen LogP contribution is 2.23. The standard InChI is InChI=1S/C24H28FN3/c1-6-8-19(10-9-18(3)7-2)22(26)15-16-23(27)28-17-24(4,5)20-11-13-21(25)14-12-20/h2,6,8-16,26H,17H2,1,3-5H3,(H2,27,28)/b8-6-,16-15-,18-9+,19-10+,26-22?. The number of halogens is 1. The number of rotatable bonds is 8. The van der Waals surface area contributed by atoms with Crippen molar-refractivity contribution in [2.45, 2.75) is 33.1 Å². The van der Waals surface area contributed by atoms with E-state index in [1.165, 1.54) is 12.1 Å². The maximum atomic E-state index is 13.1. The monoisotopic (exact) mass is 377 g/mol. The van der Waals surface area contributed by atoms with Crippen LogP contribution in [-0.2, 0) is 5.41 Å². The normalized spacial score (nSPS) is 13.9. The van der Waals surface area contributed by atoms with Crippen molar-refractivity contribution in [3.8, 4) is 12.3 Å². The number of nitrogens with two attached hydrogens (primary N) is 1. The Balaban J connectivity index is 2.87. The number of nitrogens with one attached hydrogen (secondary N) is 1. The van der Waals surface area contributed by atoms with Gasteiger partial charge in [0.25, 0.3) is 0 Å². The summed E-state index contributed by atoms with van der Waals surface area (Å²) in [5.74, 6) is 2.61. The molecule has 0 saturated carbocycles. The molecule has 4 heteroatoms. The molecule has 1 aromatic carbocycles. The summed E-state index contributed by atoms with van der Waals surface area (Å²) in [5, 5.41) is 8.22. The second kappa shape index (κ2) is 10.8. The smallest absolute Gasteiger partial charge is 0.123 e. The third kappa shape index (κ3) is 7.59. The average molecular weight is 378 g/mol. The molecule has 0 atom stereocenters. The second-order valence-corrected chi connectivity index (χ2v) is 6.99. The van der Waals surface area contributed by atoms with Crippen molar-refractivity contribution >= 4 is 11.5 Å². The van der Waals surface area contributed by atoms with E-state index in [1.807, 2.05) is 39.8 Å². The topological polar surface area (TPSA) is 62.2 Å². The van der Waals surface area contributed by atoms with Crippen LogP contribution in [0.5, 0.6) is 0 Å². The molecule has 0 saturated heterocycles. The molecule has 0 heterocycles. The molecule has 3 N–H and O–H groups in total. The minimum Gasteiger partial charge on any atom is -0.384 e. The summed E-state index contributed by atoms with van der Waals surface area (Å²) in [6, 6.07) is 6.40. The van der Waals surface area contributed by atoms with E-state index in [-0.39, 0.29) is 11.2 Å². The molecule has 0 amide bonds. The summed E-state index contributed by atoms with van der Waals surface area (Å²) in [4.78, 5) is 4.40. The largest absolute Gasteiger partial charge is 0.384 e. The molecule has 0 aromatic heterocycles. The van der Waals surface area contributed by atoms with E-state index in [0.717, 1.165) is 11.1 Å². The zero-order valence-electron chi connectivity index (χ0n) is 17.0. The van der Waals surface area contributed by atoms with E-state index in [0.29, 0.717) is 23.7 Å². The van der Waals surface area contributed by atoms with Gasteiger partial charge in [-0.05, 0) is 54.8 Å². The molecule has 28 heavy (non-hydrogen) atoms. The van der Waals surface area contributed by atoms with Gasteiger partial charge in [-0.25, -0.2) is 4.39 Å². The maximum absolute atomic E-state index is 13.1. The van der Waals surface area contributed by atoms with Gasteiger partial charge in [-0.15, -0.1) is 6.42 Å². The third-order valence-electron chi connectivity index (χ3n) is 4.10. The van der Waals surface area contributed by atoms with E-state index in [9.17, 15) is 4.39 Å². The Morgan fingerprint density at radius 1 is 1.21 bits per heavy atom. The van der Waals surface area contributed by atoms with Crippen LogP contribution in [0.25, 0.3) is 0 Å². The zero-order valence-corrected chi connectivity index (χ0v) is 17.0. The Morgan fingerprint density at radius 2 is 1.86 bits per heavy atom. The van der Waals surface area contributed by atoms with Crippen LogP contribution >= 0.6 is 0 Å². The number of nitrogens with zero attached hydrogens (tertiary/aromatic N) is 1. The SMILES string of the molecule is C#C/C(C)=C/C=C(\C=C/C)C(=N)/C=C\C(N)=NCC(C)(C)c1ccc(F)cc1. The summed E-state index contributed by atoms with van der Waals surface area (Å²) in [7, 11) is 0. The molecule has 0 aliphatic heterocycles. The summed E-state index contributed by atoms with van der Waals surface area (Å²) in [6.45, 7) is 8.21. The van der Waals surface area contributed by atoms with Crippen LogP contribution < -0.4 is 5.73 Å². The van der Waals surface area contributed by atoms with Crippen molar-refractivity contribution in [2.24, 2.45) is 10.7 Å². The number of benzene rings is 1.